The number of fused-ring (bicyclic) bond motifs is 1. The summed E-state index contributed by atoms with van der Waals surface area (Å²) in [4.78, 5) is 28.2. The van der Waals surface area contributed by atoms with Gasteiger partial charge in [0, 0.05) is 6.07 Å². The minimum absolute atomic E-state index is 0.0775. The van der Waals surface area contributed by atoms with Gasteiger partial charge in [0.1, 0.15) is 17.9 Å². The maximum atomic E-state index is 11.4. The number of nitrogens with zero attached hydrogens (tertiary/aromatic N) is 3. The van der Waals surface area contributed by atoms with Gasteiger partial charge >= 0.3 is 0 Å². The second kappa shape index (κ2) is 4.44. The van der Waals surface area contributed by atoms with Gasteiger partial charge in [-0.05, 0) is 0 Å². The summed E-state index contributed by atoms with van der Waals surface area (Å²) in [7, 11) is 0. The van der Waals surface area contributed by atoms with Crippen LogP contribution >= 0.6 is 0 Å². The van der Waals surface area contributed by atoms with Crippen LogP contribution in [0, 0.1) is 4.91 Å². The van der Waals surface area contributed by atoms with Crippen molar-refractivity contribution in [2.45, 2.75) is 12.5 Å². The third kappa shape index (κ3) is 1.98. The lowest BCUT2D eigenvalue weighted by atomic mass is 10.3. The fourth-order valence-electron chi connectivity index (χ4n) is 2.05. The Labute approximate surface area is 106 Å². The number of anilines is 1. The van der Waals surface area contributed by atoms with E-state index in [1.165, 1.54) is 12.4 Å². The Morgan fingerprint density at radius 1 is 1.63 bits per heavy atom. The Morgan fingerprint density at radius 3 is 3.26 bits per heavy atom. The van der Waals surface area contributed by atoms with Crippen LogP contribution in [0.15, 0.2) is 22.4 Å². The molecule has 2 atom stereocenters. The summed E-state index contributed by atoms with van der Waals surface area (Å²) in [6, 6.07) is 1.38. The molecule has 0 bridgehead atoms. The van der Waals surface area contributed by atoms with E-state index < -0.39 is 12.5 Å². The Morgan fingerprint density at radius 2 is 2.47 bits per heavy atom. The van der Waals surface area contributed by atoms with E-state index in [0.717, 1.165) is 0 Å². The molecule has 0 aliphatic carbocycles. The largest absolute Gasteiger partial charge is 0.383 e. The number of hydrogen-bond donors (Lipinski definition) is 2. The molecule has 0 saturated carbocycles. The van der Waals surface area contributed by atoms with Crippen LogP contribution in [0.2, 0.25) is 0 Å². The average molecular weight is 265 g/mol. The van der Waals surface area contributed by atoms with Crippen molar-refractivity contribution in [3.05, 3.63) is 27.7 Å². The summed E-state index contributed by atoms with van der Waals surface area (Å²) < 4.78 is 12.4. The number of ether oxygens (including phenoxy) is 2. The van der Waals surface area contributed by atoms with Crippen LogP contribution < -0.4 is 11.3 Å². The van der Waals surface area contributed by atoms with Gasteiger partial charge in [0.25, 0.3) is 5.56 Å². The third-order valence-corrected chi connectivity index (χ3v) is 2.88. The number of hydrogen-bond acceptors (Lipinski definition) is 7. The van der Waals surface area contributed by atoms with E-state index in [0.29, 0.717) is 11.0 Å². The number of H-pyrrole nitrogens is 1. The van der Waals surface area contributed by atoms with Gasteiger partial charge in [0.05, 0.1) is 18.5 Å². The van der Waals surface area contributed by atoms with Crippen molar-refractivity contribution in [3.63, 3.8) is 0 Å². The lowest BCUT2D eigenvalue weighted by Crippen LogP contribution is -2.15. The summed E-state index contributed by atoms with van der Waals surface area (Å²) >= 11 is 0. The summed E-state index contributed by atoms with van der Waals surface area (Å²) in [5.74, 6) is 0.200. The van der Waals surface area contributed by atoms with Gasteiger partial charge < -0.3 is 24.8 Å². The molecular weight excluding hydrogens is 254 g/mol. The first-order valence-electron chi connectivity index (χ1n) is 5.60. The van der Waals surface area contributed by atoms with Crippen LogP contribution in [-0.4, -0.2) is 34.0 Å². The normalized spacial score (nSPS) is 22.9. The molecule has 3 N–H and O–H groups in total. The molecular formula is C10H11N5O4. The fraction of sp³-hybridized carbons (Fsp3) is 0.400. The number of nitrogens with one attached hydrogen (secondary N) is 1. The number of nitrogens with two attached hydrogens (primary N) is 1. The minimum Gasteiger partial charge on any atom is -0.383 e. The molecule has 1 aliphatic heterocycles. The zero-order valence-electron chi connectivity index (χ0n) is 9.78. The molecule has 9 nitrogen and oxygen atoms in total. The van der Waals surface area contributed by atoms with Crippen molar-refractivity contribution < 1.29 is 9.47 Å². The molecule has 2 aromatic heterocycles. The van der Waals surface area contributed by atoms with E-state index in [1.807, 2.05) is 0 Å². The average Bonchev–Trinajstić information content (AvgIpc) is 2.95. The van der Waals surface area contributed by atoms with Crippen molar-refractivity contribution >= 4 is 16.9 Å². The predicted octanol–water partition coefficient (Wildman–Crippen LogP) is -0.0553. The zero-order valence-corrected chi connectivity index (χ0v) is 9.78. The Bertz CT molecular complexity index is 678. The quantitative estimate of drug-likeness (QED) is 0.749. The Balaban J connectivity index is 1.98. The van der Waals surface area contributed by atoms with E-state index in [1.54, 1.807) is 4.57 Å². The second-order valence-electron chi connectivity index (χ2n) is 4.10. The molecule has 19 heavy (non-hydrogen) atoms. The highest BCUT2D eigenvalue weighted by Gasteiger charge is 2.28. The number of rotatable bonds is 3. The minimum atomic E-state index is -0.667. The highest BCUT2D eigenvalue weighted by Crippen LogP contribution is 2.25. The van der Waals surface area contributed by atoms with Crippen LogP contribution in [0.4, 0.5) is 5.82 Å². The second-order valence-corrected chi connectivity index (χ2v) is 4.10. The maximum absolute atomic E-state index is 11.4. The molecule has 1 saturated heterocycles. The van der Waals surface area contributed by atoms with Gasteiger partial charge in [0.2, 0.25) is 0 Å². The monoisotopic (exact) mass is 265 g/mol. The molecule has 0 radical (unpaired) electrons. The van der Waals surface area contributed by atoms with Crippen LogP contribution in [0.3, 0.4) is 0 Å². The lowest BCUT2D eigenvalue weighted by Gasteiger charge is -2.11. The molecule has 100 valence electrons. The maximum Gasteiger partial charge on any atom is 0.251 e. The van der Waals surface area contributed by atoms with Crippen LogP contribution in [0.5, 0.6) is 0 Å². The van der Waals surface area contributed by atoms with Crippen LogP contribution in [0.25, 0.3) is 11.0 Å². The molecule has 2 unspecified atom stereocenters. The first kappa shape index (κ1) is 11.8. The first-order chi connectivity index (χ1) is 9.19. The molecule has 1 fully saturated rings. The van der Waals surface area contributed by atoms with Gasteiger partial charge in [-0.3, -0.25) is 4.79 Å². The zero-order chi connectivity index (χ0) is 13.4. The molecule has 3 heterocycles. The van der Waals surface area contributed by atoms with Gasteiger partial charge in [-0.2, -0.15) is 4.91 Å². The third-order valence-electron chi connectivity index (χ3n) is 2.88. The Kier molecular flexibility index (Phi) is 2.76. The van der Waals surface area contributed by atoms with Gasteiger partial charge in [-0.1, -0.05) is 5.18 Å². The van der Waals surface area contributed by atoms with E-state index in [4.69, 9.17) is 15.2 Å². The summed E-state index contributed by atoms with van der Waals surface area (Å²) in [6.45, 7) is 0.171. The van der Waals surface area contributed by atoms with Gasteiger partial charge in [-0.15, -0.1) is 0 Å². The Hall–Kier alpha value is -2.26. The molecule has 0 aromatic carbocycles. The van der Waals surface area contributed by atoms with Crippen molar-refractivity contribution in [1.82, 2.24) is 14.5 Å². The van der Waals surface area contributed by atoms with Crippen LogP contribution in [-0.2, 0) is 9.47 Å². The number of nitroso groups, excluding NO2 is 1. The topological polar surface area (TPSA) is 125 Å². The van der Waals surface area contributed by atoms with E-state index in [2.05, 4.69) is 15.1 Å². The van der Waals surface area contributed by atoms with Gasteiger partial charge in [0.15, 0.2) is 12.5 Å². The van der Waals surface area contributed by atoms with Crippen molar-refractivity contribution in [2.75, 3.05) is 18.9 Å². The van der Waals surface area contributed by atoms with E-state index in [9.17, 15) is 9.70 Å². The smallest absolute Gasteiger partial charge is 0.251 e. The number of imidazole rings is 1. The summed E-state index contributed by atoms with van der Waals surface area (Å²) in [5.41, 5.74) is 6.40. The standard InChI is InChI=1S/C10H11N5O4/c11-10-9-5(1-6(16)14-10)15(4-12-9)7-3-18-8(19-7)2-13-17/h1,4,7-8H,2-3H2,(H3,11,14,16). The number of nitrogen functional groups attached to an aromatic ring is 1. The molecule has 1 aliphatic rings. The van der Waals surface area contributed by atoms with Crippen molar-refractivity contribution in [1.29, 1.82) is 0 Å². The predicted molar refractivity (Wildman–Crippen MR) is 65.3 cm³/mol. The fourth-order valence-corrected chi connectivity index (χ4v) is 2.05. The number of pyridine rings is 1. The highest BCUT2D eigenvalue weighted by molar-refractivity contribution is 5.84. The molecule has 9 heteroatoms. The van der Waals surface area contributed by atoms with Gasteiger partial charge in [-0.25, -0.2) is 4.98 Å². The molecule has 3 rings (SSSR count). The molecule has 0 spiro atoms. The molecule has 2 aromatic rings. The summed E-state index contributed by atoms with van der Waals surface area (Å²) in [6.07, 6.45) is 0.385. The lowest BCUT2D eigenvalue weighted by molar-refractivity contribution is -0.0624. The number of aromatic nitrogens is 3. The highest BCUT2D eigenvalue weighted by atomic mass is 16.7. The molecule has 0 amide bonds. The van der Waals surface area contributed by atoms with Crippen LogP contribution in [0.1, 0.15) is 6.23 Å². The van der Waals surface area contributed by atoms with Crippen molar-refractivity contribution in [3.8, 4) is 0 Å². The summed E-state index contributed by atoms with van der Waals surface area (Å²) in [5, 5.41) is 2.72. The SMILES string of the molecule is Nc1[nH]c(=O)cc2c1ncn2C1COC(CN=O)O1. The van der Waals surface area contributed by atoms with E-state index >= 15 is 0 Å². The van der Waals surface area contributed by atoms with E-state index in [-0.39, 0.29) is 24.5 Å². The first-order valence-corrected chi connectivity index (χ1v) is 5.60. The number of aromatic amines is 1. The van der Waals surface area contributed by atoms with Crippen molar-refractivity contribution in [2.24, 2.45) is 5.18 Å².